The van der Waals surface area contributed by atoms with Crippen LogP contribution in [0.25, 0.3) is 0 Å². The highest BCUT2D eigenvalue weighted by Gasteiger charge is 2.39. The molecule has 2 aliphatic rings. The zero-order chi connectivity index (χ0) is 11.5. The van der Waals surface area contributed by atoms with Crippen LogP contribution in [0.2, 0.25) is 0 Å². The van der Waals surface area contributed by atoms with Crippen LogP contribution in [0.3, 0.4) is 0 Å². The van der Waals surface area contributed by atoms with Gasteiger partial charge in [-0.1, -0.05) is 56.0 Å². The predicted octanol–water partition coefficient (Wildman–Crippen LogP) is 3.85. The Labute approximate surface area is 105 Å². The molecule has 1 aromatic rings. The van der Waals surface area contributed by atoms with Gasteiger partial charge < -0.3 is 5.32 Å². The molecule has 0 radical (unpaired) electrons. The zero-order valence-corrected chi connectivity index (χ0v) is 10.6. The van der Waals surface area contributed by atoms with Gasteiger partial charge >= 0.3 is 0 Å². The fraction of sp³-hybridized carbons (Fsp3) is 0.625. The van der Waals surface area contributed by atoms with Gasteiger partial charge in [0.25, 0.3) is 0 Å². The highest BCUT2D eigenvalue weighted by molar-refractivity contribution is 5.27. The molecule has 0 aromatic heterocycles. The molecule has 1 nitrogen and oxygen atoms in total. The highest BCUT2D eigenvalue weighted by atomic mass is 15.0. The third-order valence-corrected chi connectivity index (χ3v) is 4.32. The van der Waals surface area contributed by atoms with Crippen LogP contribution in [0, 0.1) is 0 Å². The van der Waals surface area contributed by atoms with Crippen LogP contribution in [-0.4, -0.2) is 12.1 Å². The highest BCUT2D eigenvalue weighted by Crippen LogP contribution is 2.41. The smallest absolute Gasteiger partial charge is 0.0145 e. The molecule has 0 amide bonds. The molecular formula is C16H23N. The number of hydrogen-bond donors (Lipinski definition) is 1. The second-order valence-corrected chi connectivity index (χ2v) is 5.71. The largest absolute Gasteiger partial charge is 0.311 e. The SMILES string of the molecule is c1ccc(C2CC2NC2CCCCCC2)cc1. The van der Waals surface area contributed by atoms with Crippen molar-refractivity contribution in [1.29, 1.82) is 0 Å². The van der Waals surface area contributed by atoms with Gasteiger partial charge in [-0.25, -0.2) is 0 Å². The Balaban J connectivity index is 1.51. The summed E-state index contributed by atoms with van der Waals surface area (Å²) in [5.41, 5.74) is 1.53. The normalized spacial score (nSPS) is 29.9. The lowest BCUT2D eigenvalue weighted by Crippen LogP contribution is -2.31. The minimum absolute atomic E-state index is 0.764. The van der Waals surface area contributed by atoms with Gasteiger partial charge in [-0.15, -0.1) is 0 Å². The van der Waals surface area contributed by atoms with Crippen molar-refractivity contribution in [3.05, 3.63) is 35.9 Å². The van der Waals surface area contributed by atoms with Gasteiger partial charge in [0.2, 0.25) is 0 Å². The first-order valence-electron chi connectivity index (χ1n) is 7.24. The lowest BCUT2D eigenvalue weighted by molar-refractivity contribution is 0.453. The molecule has 1 N–H and O–H groups in total. The monoisotopic (exact) mass is 229 g/mol. The van der Waals surface area contributed by atoms with Gasteiger partial charge in [-0.05, 0) is 24.8 Å². The van der Waals surface area contributed by atoms with Crippen LogP contribution in [0.15, 0.2) is 30.3 Å². The van der Waals surface area contributed by atoms with Crippen LogP contribution >= 0.6 is 0 Å². The van der Waals surface area contributed by atoms with Gasteiger partial charge in [0.15, 0.2) is 0 Å². The summed E-state index contributed by atoms with van der Waals surface area (Å²) in [5.74, 6) is 0.791. The van der Waals surface area contributed by atoms with Crippen LogP contribution in [-0.2, 0) is 0 Å². The van der Waals surface area contributed by atoms with Gasteiger partial charge in [0.1, 0.15) is 0 Å². The van der Waals surface area contributed by atoms with Crippen LogP contribution in [0.4, 0.5) is 0 Å². The van der Waals surface area contributed by atoms with Crippen molar-refractivity contribution in [2.45, 2.75) is 62.9 Å². The van der Waals surface area contributed by atoms with E-state index in [0.29, 0.717) is 0 Å². The Bertz CT molecular complexity index is 338. The zero-order valence-electron chi connectivity index (χ0n) is 10.6. The van der Waals surface area contributed by atoms with E-state index in [1.165, 1.54) is 50.5 Å². The Morgan fingerprint density at radius 2 is 1.59 bits per heavy atom. The molecule has 0 saturated heterocycles. The third-order valence-electron chi connectivity index (χ3n) is 4.32. The molecule has 2 saturated carbocycles. The first-order chi connectivity index (χ1) is 8.43. The summed E-state index contributed by atoms with van der Waals surface area (Å²) in [6, 6.07) is 12.6. The van der Waals surface area contributed by atoms with E-state index < -0.39 is 0 Å². The average molecular weight is 229 g/mol. The maximum Gasteiger partial charge on any atom is 0.0145 e. The third kappa shape index (κ3) is 2.90. The fourth-order valence-electron chi connectivity index (χ4n) is 3.20. The molecule has 2 fully saturated rings. The predicted molar refractivity (Wildman–Crippen MR) is 72.2 cm³/mol. The average Bonchev–Trinajstić information content (AvgIpc) is 3.16. The Morgan fingerprint density at radius 3 is 2.29 bits per heavy atom. The van der Waals surface area contributed by atoms with Crippen molar-refractivity contribution in [3.8, 4) is 0 Å². The van der Waals surface area contributed by atoms with Crippen molar-refractivity contribution < 1.29 is 0 Å². The number of hydrogen-bond acceptors (Lipinski definition) is 1. The molecule has 3 rings (SSSR count). The first kappa shape index (κ1) is 11.3. The second kappa shape index (κ2) is 5.22. The van der Waals surface area contributed by atoms with E-state index in [0.717, 1.165) is 18.0 Å². The van der Waals surface area contributed by atoms with E-state index in [-0.39, 0.29) is 0 Å². The maximum absolute atomic E-state index is 3.88. The summed E-state index contributed by atoms with van der Waals surface area (Å²) in [4.78, 5) is 0. The van der Waals surface area contributed by atoms with Crippen molar-refractivity contribution in [3.63, 3.8) is 0 Å². The summed E-state index contributed by atoms with van der Waals surface area (Å²) in [6.07, 6.45) is 9.91. The van der Waals surface area contributed by atoms with Gasteiger partial charge in [-0.3, -0.25) is 0 Å². The number of rotatable bonds is 3. The maximum atomic E-state index is 3.88. The van der Waals surface area contributed by atoms with E-state index in [4.69, 9.17) is 0 Å². The summed E-state index contributed by atoms with van der Waals surface area (Å²) in [5, 5.41) is 3.88. The molecule has 0 aliphatic heterocycles. The van der Waals surface area contributed by atoms with E-state index >= 15 is 0 Å². The lowest BCUT2D eigenvalue weighted by atomic mass is 10.1. The molecular weight excluding hydrogens is 206 g/mol. The first-order valence-corrected chi connectivity index (χ1v) is 7.24. The van der Waals surface area contributed by atoms with Crippen molar-refractivity contribution in [1.82, 2.24) is 5.32 Å². The number of nitrogens with one attached hydrogen (secondary N) is 1. The quantitative estimate of drug-likeness (QED) is 0.776. The lowest BCUT2D eigenvalue weighted by Gasteiger charge is -2.16. The van der Waals surface area contributed by atoms with E-state index in [2.05, 4.69) is 35.6 Å². The standard InChI is InChI=1S/C16H23N/c1-2-7-11-14(10-6-1)17-16-12-15(16)13-8-4-3-5-9-13/h3-5,8-9,14-17H,1-2,6-7,10-12H2. The molecule has 0 spiro atoms. The van der Waals surface area contributed by atoms with Crippen molar-refractivity contribution >= 4 is 0 Å². The van der Waals surface area contributed by atoms with Gasteiger partial charge in [0, 0.05) is 18.0 Å². The molecule has 2 atom stereocenters. The summed E-state index contributed by atoms with van der Waals surface area (Å²) >= 11 is 0. The minimum Gasteiger partial charge on any atom is -0.311 e. The van der Waals surface area contributed by atoms with E-state index in [1.807, 2.05) is 0 Å². The fourth-order valence-corrected chi connectivity index (χ4v) is 3.20. The summed E-state index contributed by atoms with van der Waals surface area (Å²) in [7, 11) is 0. The van der Waals surface area contributed by atoms with Crippen LogP contribution in [0.1, 0.15) is 56.4 Å². The Hall–Kier alpha value is -0.820. The molecule has 92 valence electrons. The Kier molecular flexibility index (Phi) is 3.46. The van der Waals surface area contributed by atoms with Gasteiger partial charge in [0.05, 0.1) is 0 Å². The van der Waals surface area contributed by atoms with E-state index in [1.54, 1.807) is 0 Å². The van der Waals surface area contributed by atoms with Crippen molar-refractivity contribution in [2.75, 3.05) is 0 Å². The molecule has 2 unspecified atom stereocenters. The van der Waals surface area contributed by atoms with E-state index in [9.17, 15) is 0 Å². The van der Waals surface area contributed by atoms with Gasteiger partial charge in [-0.2, -0.15) is 0 Å². The topological polar surface area (TPSA) is 12.0 Å². The molecule has 0 heterocycles. The molecule has 17 heavy (non-hydrogen) atoms. The van der Waals surface area contributed by atoms with Crippen LogP contribution < -0.4 is 5.32 Å². The number of benzene rings is 1. The molecule has 1 heteroatoms. The Morgan fingerprint density at radius 1 is 0.882 bits per heavy atom. The minimum atomic E-state index is 0.764. The second-order valence-electron chi connectivity index (χ2n) is 5.71. The molecule has 1 aromatic carbocycles. The molecule has 2 aliphatic carbocycles. The summed E-state index contributed by atoms with van der Waals surface area (Å²) in [6.45, 7) is 0. The van der Waals surface area contributed by atoms with Crippen molar-refractivity contribution in [2.24, 2.45) is 0 Å². The summed E-state index contributed by atoms with van der Waals surface area (Å²) < 4.78 is 0. The van der Waals surface area contributed by atoms with Crippen LogP contribution in [0.5, 0.6) is 0 Å². The molecule has 0 bridgehead atoms.